The number of fused-ring (bicyclic) bond motifs is 1. The van der Waals surface area contributed by atoms with Crippen LogP contribution in [-0.4, -0.2) is 17.7 Å². The summed E-state index contributed by atoms with van der Waals surface area (Å²) in [4.78, 5) is 15.6. The molecule has 2 rings (SSSR count). The molecule has 0 aliphatic rings. The molecule has 17 heavy (non-hydrogen) atoms. The molecule has 1 aromatic heterocycles. The molecule has 1 heterocycles. The van der Waals surface area contributed by atoms with Crippen LogP contribution in [0.4, 0.5) is 9.93 Å². The lowest BCUT2D eigenvalue weighted by atomic mass is 10.3. The summed E-state index contributed by atoms with van der Waals surface area (Å²) in [7, 11) is 0. The number of thiazole rings is 1. The van der Waals surface area contributed by atoms with E-state index in [9.17, 15) is 4.79 Å². The molecule has 0 aliphatic heterocycles. The minimum absolute atomic E-state index is 0.339. The molecule has 4 nitrogen and oxygen atoms in total. The third kappa shape index (κ3) is 2.97. The Kier molecular flexibility index (Phi) is 4.01. The van der Waals surface area contributed by atoms with Gasteiger partial charge in [0.1, 0.15) is 0 Å². The van der Waals surface area contributed by atoms with Crippen LogP contribution in [0.2, 0.25) is 0 Å². The van der Waals surface area contributed by atoms with Crippen molar-refractivity contribution in [1.82, 2.24) is 4.98 Å². The van der Waals surface area contributed by atoms with E-state index in [1.54, 1.807) is 6.92 Å². The number of hydrogen-bond donors (Lipinski definition) is 1. The van der Waals surface area contributed by atoms with Crippen LogP contribution in [0.15, 0.2) is 21.1 Å². The highest BCUT2D eigenvalue weighted by atomic mass is 79.9. The molecule has 0 fully saturated rings. The van der Waals surface area contributed by atoms with Gasteiger partial charge in [-0.15, -0.1) is 0 Å². The molecule has 2 aromatic rings. The Morgan fingerprint density at radius 2 is 2.29 bits per heavy atom. The number of rotatable bonds is 2. The fraction of sp³-hybridized carbons (Fsp3) is 0.200. The van der Waals surface area contributed by atoms with E-state index in [1.165, 1.54) is 11.3 Å². The zero-order valence-electron chi connectivity index (χ0n) is 8.79. The van der Waals surface area contributed by atoms with Gasteiger partial charge in [0.25, 0.3) is 0 Å². The van der Waals surface area contributed by atoms with Crippen molar-refractivity contribution in [3.05, 3.63) is 21.1 Å². The Bertz CT molecular complexity index is 571. The van der Waals surface area contributed by atoms with Crippen LogP contribution in [0.5, 0.6) is 0 Å². The maximum Gasteiger partial charge on any atom is 0.413 e. The summed E-state index contributed by atoms with van der Waals surface area (Å²) in [6.45, 7) is 2.09. The van der Waals surface area contributed by atoms with Crippen molar-refractivity contribution in [1.29, 1.82) is 0 Å². The van der Waals surface area contributed by atoms with Crippen molar-refractivity contribution >= 4 is 64.6 Å². The third-order valence-electron chi connectivity index (χ3n) is 1.90. The molecular formula is C10H8Br2N2O2S. The maximum absolute atomic E-state index is 11.3. The largest absolute Gasteiger partial charge is 0.450 e. The second kappa shape index (κ2) is 5.32. The summed E-state index contributed by atoms with van der Waals surface area (Å²) in [6.07, 6.45) is -0.484. The van der Waals surface area contributed by atoms with E-state index in [2.05, 4.69) is 42.2 Å². The van der Waals surface area contributed by atoms with Crippen molar-refractivity contribution < 1.29 is 9.53 Å². The van der Waals surface area contributed by atoms with Crippen LogP contribution in [0, 0.1) is 0 Å². The van der Waals surface area contributed by atoms with E-state index in [1.807, 2.05) is 12.1 Å². The van der Waals surface area contributed by atoms with Crippen molar-refractivity contribution in [2.24, 2.45) is 0 Å². The van der Waals surface area contributed by atoms with Gasteiger partial charge in [0.2, 0.25) is 0 Å². The first-order valence-electron chi connectivity index (χ1n) is 4.79. The van der Waals surface area contributed by atoms with E-state index in [4.69, 9.17) is 4.74 Å². The summed E-state index contributed by atoms with van der Waals surface area (Å²) < 4.78 is 7.62. The summed E-state index contributed by atoms with van der Waals surface area (Å²) in [6, 6.07) is 3.87. The lowest BCUT2D eigenvalue weighted by Gasteiger charge is -1.99. The third-order valence-corrected chi connectivity index (χ3v) is 3.88. The minimum Gasteiger partial charge on any atom is -0.450 e. The minimum atomic E-state index is -0.484. The number of aromatic nitrogens is 1. The number of hydrogen-bond acceptors (Lipinski definition) is 4. The van der Waals surface area contributed by atoms with E-state index in [-0.39, 0.29) is 0 Å². The Morgan fingerprint density at radius 1 is 1.53 bits per heavy atom. The molecule has 0 atom stereocenters. The molecule has 0 radical (unpaired) electrons. The summed E-state index contributed by atoms with van der Waals surface area (Å²) in [5.41, 5.74) is 0.824. The normalized spacial score (nSPS) is 10.5. The Morgan fingerprint density at radius 3 is 3.00 bits per heavy atom. The number of halogens is 2. The van der Waals surface area contributed by atoms with Crippen LogP contribution < -0.4 is 5.32 Å². The van der Waals surface area contributed by atoms with Gasteiger partial charge in [-0.25, -0.2) is 9.78 Å². The topological polar surface area (TPSA) is 51.2 Å². The van der Waals surface area contributed by atoms with Gasteiger partial charge in [0.15, 0.2) is 5.13 Å². The molecule has 1 aromatic carbocycles. The lowest BCUT2D eigenvalue weighted by Crippen LogP contribution is -2.12. The number of carbonyl (C=O) groups is 1. The standard InChI is InChI=1S/C10H8Br2N2O2S/c1-2-16-10(15)14-9-13-8-6(12)3-5(11)4-7(8)17-9/h3-4H,2H2,1H3,(H,13,14,15). The summed E-state index contributed by atoms with van der Waals surface area (Å²) >= 11 is 8.23. The van der Waals surface area contributed by atoms with Gasteiger partial charge < -0.3 is 4.74 Å². The molecule has 0 bridgehead atoms. The van der Waals surface area contributed by atoms with Crippen LogP contribution in [0.1, 0.15) is 6.92 Å². The second-order valence-corrected chi connectivity index (χ2v) is 5.90. The predicted octanol–water partition coefficient (Wildman–Crippen LogP) is 4.39. The highest BCUT2D eigenvalue weighted by molar-refractivity contribution is 9.11. The predicted molar refractivity (Wildman–Crippen MR) is 75.7 cm³/mol. The molecule has 0 saturated heterocycles. The number of nitrogens with zero attached hydrogens (tertiary/aromatic N) is 1. The molecule has 0 saturated carbocycles. The molecule has 7 heteroatoms. The van der Waals surface area contributed by atoms with Crippen molar-refractivity contribution in [2.75, 3.05) is 11.9 Å². The Balaban J connectivity index is 2.32. The first-order valence-corrected chi connectivity index (χ1v) is 7.19. The number of carbonyl (C=O) groups excluding carboxylic acids is 1. The molecule has 1 N–H and O–H groups in total. The van der Waals surface area contributed by atoms with Crippen LogP contribution >= 0.6 is 43.2 Å². The molecule has 90 valence electrons. The summed E-state index contributed by atoms with van der Waals surface area (Å²) in [5, 5.41) is 3.11. The number of benzene rings is 1. The molecular weight excluding hydrogens is 372 g/mol. The van der Waals surface area contributed by atoms with Crippen LogP contribution in [-0.2, 0) is 4.74 Å². The zero-order chi connectivity index (χ0) is 12.4. The SMILES string of the molecule is CCOC(=O)Nc1nc2c(Br)cc(Br)cc2s1. The van der Waals surface area contributed by atoms with Gasteiger partial charge in [-0.3, -0.25) is 5.32 Å². The average Bonchev–Trinajstić information content (AvgIpc) is 2.60. The second-order valence-electron chi connectivity index (χ2n) is 3.10. The Hall–Kier alpha value is -0.660. The molecule has 0 unspecified atom stereocenters. The van der Waals surface area contributed by atoms with Crippen molar-refractivity contribution in [3.63, 3.8) is 0 Å². The highest BCUT2D eigenvalue weighted by Gasteiger charge is 2.10. The monoisotopic (exact) mass is 378 g/mol. The smallest absolute Gasteiger partial charge is 0.413 e. The fourth-order valence-corrected chi connectivity index (χ4v) is 3.78. The van der Waals surface area contributed by atoms with Gasteiger partial charge in [-0.2, -0.15) is 0 Å². The highest BCUT2D eigenvalue weighted by Crippen LogP contribution is 2.33. The first kappa shape index (κ1) is 12.8. The molecule has 0 spiro atoms. The van der Waals surface area contributed by atoms with Gasteiger partial charge in [0.05, 0.1) is 16.8 Å². The first-order chi connectivity index (χ1) is 8.10. The van der Waals surface area contributed by atoms with E-state index in [0.29, 0.717) is 11.7 Å². The van der Waals surface area contributed by atoms with Gasteiger partial charge in [-0.1, -0.05) is 27.3 Å². The number of anilines is 1. The van der Waals surface area contributed by atoms with Gasteiger partial charge >= 0.3 is 6.09 Å². The molecule has 0 aliphatic carbocycles. The number of nitrogens with one attached hydrogen (secondary N) is 1. The van der Waals surface area contributed by atoms with Crippen molar-refractivity contribution in [2.45, 2.75) is 6.92 Å². The average molecular weight is 380 g/mol. The zero-order valence-corrected chi connectivity index (χ0v) is 12.8. The fourth-order valence-electron chi connectivity index (χ4n) is 1.27. The summed E-state index contributed by atoms with van der Waals surface area (Å²) in [5.74, 6) is 0. The van der Waals surface area contributed by atoms with Gasteiger partial charge in [-0.05, 0) is 35.0 Å². The Labute approximate surface area is 119 Å². The van der Waals surface area contributed by atoms with Gasteiger partial charge in [0, 0.05) is 8.95 Å². The van der Waals surface area contributed by atoms with E-state index < -0.39 is 6.09 Å². The molecule has 1 amide bonds. The van der Waals surface area contributed by atoms with E-state index in [0.717, 1.165) is 19.2 Å². The maximum atomic E-state index is 11.3. The number of amides is 1. The van der Waals surface area contributed by atoms with Crippen LogP contribution in [0.25, 0.3) is 10.2 Å². The lowest BCUT2D eigenvalue weighted by molar-refractivity contribution is 0.168. The van der Waals surface area contributed by atoms with E-state index >= 15 is 0 Å². The quantitative estimate of drug-likeness (QED) is 0.841. The van der Waals surface area contributed by atoms with Crippen molar-refractivity contribution in [3.8, 4) is 0 Å². The number of ether oxygens (including phenoxy) is 1. The van der Waals surface area contributed by atoms with Crippen LogP contribution in [0.3, 0.4) is 0 Å².